The maximum Gasteiger partial charge on any atom is 0.303 e. The van der Waals surface area contributed by atoms with Crippen LogP contribution in [0.15, 0.2) is 0 Å². The van der Waals surface area contributed by atoms with Gasteiger partial charge in [0.25, 0.3) is 0 Å². The lowest BCUT2D eigenvalue weighted by molar-refractivity contribution is -0.137. The quantitative estimate of drug-likeness (QED) is 0.660. The smallest absolute Gasteiger partial charge is 0.303 e. The van der Waals surface area contributed by atoms with Gasteiger partial charge in [0.05, 0.1) is 0 Å². The Balaban J connectivity index is 3.31. The Labute approximate surface area is 74.4 Å². The Bertz CT molecular complexity index is 134. The standard InChI is InChI=1S/C9H19NO2/c1-8(2)7-10(3)6-4-5-9(11)12/h8H,4-7H2,1-3H3,(H,11,12). The largest absolute Gasteiger partial charge is 0.481 e. The fourth-order valence-electron chi connectivity index (χ4n) is 1.21. The monoisotopic (exact) mass is 173 g/mol. The highest BCUT2D eigenvalue weighted by Gasteiger charge is 2.02. The van der Waals surface area contributed by atoms with E-state index in [1.807, 2.05) is 7.05 Å². The van der Waals surface area contributed by atoms with Crippen molar-refractivity contribution in [3.05, 3.63) is 0 Å². The minimum atomic E-state index is -0.701. The molecule has 0 bridgehead atoms. The summed E-state index contributed by atoms with van der Waals surface area (Å²) in [6.45, 7) is 6.24. The predicted molar refractivity (Wildman–Crippen MR) is 49.2 cm³/mol. The molecule has 0 atom stereocenters. The van der Waals surface area contributed by atoms with Gasteiger partial charge in [-0.05, 0) is 25.9 Å². The summed E-state index contributed by atoms with van der Waals surface area (Å²) in [6, 6.07) is 0. The third kappa shape index (κ3) is 7.54. The Morgan fingerprint density at radius 1 is 1.50 bits per heavy atom. The average molecular weight is 173 g/mol. The fraction of sp³-hybridized carbons (Fsp3) is 0.889. The van der Waals surface area contributed by atoms with Crippen LogP contribution in [0.2, 0.25) is 0 Å². The first kappa shape index (κ1) is 11.4. The highest BCUT2D eigenvalue weighted by atomic mass is 16.4. The summed E-state index contributed by atoms with van der Waals surface area (Å²) < 4.78 is 0. The first-order valence-corrected chi connectivity index (χ1v) is 4.42. The number of hydrogen-bond donors (Lipinski definition) is 1. The molecule has 0 heterocycles. The van der Waals surface area contributed by atoms with Crippen molar-refractivity contribution < 1.29 is 9.90 Å². The molecule has 0 fully saturated rings. The van der Waals surface area contributed by atoms with Crippen molar-refractivity contribution in [2.45, 2.75) is 26.7 Å². The predicted octanol–water partition coefficient (Wildman–Crippen LogP) is 1.44. The topological polar surface area (TPSA) is 40.5 Å². The number of hydrogen-bond acceptors (Lipinski definition) is 2. The molecule has 72 valence electrons. The molecule has 3 nitrogen and oxygen atoms in total. The molecule has 0 saturated carbocycles. The van der Waals surface area contributed by atoms with Gasteiger partial charge in [-0.25, -0.2) is 0 Å². The molecular formula is C9H19NO2. The van der Waals surface area contributed by atoms with Crippen LogP contribution in [0.4, 0.5) is 0 Å². The highest BCUT2D eigenvalue weighted by Crippen LogP contribution is 1.98. The molecule has 0 saturated heterocycles. The van der Waals surface area contributed by atoms with Crippen LogP contribution in [-0.4, -0.2) is 36.1 Å². The van der Waals surface area contributed by atoms with Crippen molar-refractivity contribution in [1.29, 1.82) is 0 Å². The van der Waals surface area contributed by atoms with Crippen LogP contribution in [-0.2, 0) is 4.79 Å². The van der Waals surface area contributed by atoms with Crippen LogP contribution in [0.1, 0.15) is 26.7 Å². The van der Waals surface area contributed by atoms with E-state index < -0.39 is 5.97 Å². The Morgan fingerprint density at radius 3 is 2.50 bits per heavy atom. The van der Waals surface area contributed by atoms with Gasteiger partial charge in [-0.3, -0.25) is 4.79 Å². The zero-order valence-corrected chi connectivity index (χ0v) is 8.21. The molecule has 1 N–H and O–H groups in total. The number of carbonyl (C=O) groups is 1. The average Bonchev–Trinajstić information content (AvgIpc) is 1.84. The molecule has 0 aromatic carbocycles. The van der Waals surface area contributed by atoms with Gasteiger partial charge in [0.2, 0.25) is 0 Å². The molecule has 0 aliphatic rings. The van der Waals surface area contributed by atoms with Gasteiger partial charge in [0.1, 0.15) is 0 Å². The van der Waals surface area contributed by atoms with Gasteiger partial charge in [-0.2, -0.15) is 0 Å². The molecule has 0 amide bonds. The number of carboxylic acids is 1. The van der Waals surface area contributed by atoms with Gasteiger partial charge < -0.3 is 10.0 Å². The van der Waals surface area contributed by atoms with Crippen molar-refractivity contribution in [1.82, 2.24) is 4.90 Å². The lowest BCUT2D eigenvalue weighted by Crippen LogP contribution is -2.24. The van der Waals surface area contributed by atoms with E-state index in [0.29, 0.717) is 5.92 Å². The maximum atomic E-state index is 10.2. The molecule has 0 aromatic rings. The zero-order chi connectivity index (χ0) is 9.56. The van der Waals surface area contributed by atoms with Crippen LogP contribution < -0.4 is 0 Å². The summed E-state index contributed by atoms with van der Waals surface area (Å²) >= 11 is 0. The molecule has 0 unspecified atom stereocenters. The van der Waals surface area contributed by atoms with Crippen LogP contribution in [0.5, 0.6) is 0 Å². The van der Waals surface area contributed by atoms with Crippen molar-refractivity contribution >= 4 is 5.97 Å². The molecule has 0 aliphatic carbocycles. The second-order valence-electron chi connectivity index (χ2n) is 3.65. The van der Waals surface area contributed by atoms with Gasteiger partial charge in [-0.15, -0.1) is 0 Å². The first-order valence-electron chi connectivity index (χ1n) is 4.42. The van der Waals surface area contributed by atoms with Gasteiger partial charge in [0.15, 0.2) is 0 Å². The lowest BCUT2D eigenvalue weighted by atomic mass is 10.2. The number of nitrogens with zero attached hydrogens (tertiary/aromatic N) is 1. The van der Waals surface area contributed by atoms with Crippen LogP contribution >= 0.6 is 0 Å². The summed E-state index contributed by atoms with van der Waals surface area (Å²) in [5, 5.41) is 8.39. The van der Waals surface area contributed by atoms with E-state index in [4.69, 9.17) is 5.11 Å². The molecule has 0 spiro atoms. The summed E-state index contributed by atoms with van der Waals surface area (Å²) in [6.07, 6.45) is 1.03. The Morgan fingerprint density at radius 2 is 2.08 bits per heavy atom. The molecular weight excluding hydrogens is 154 g/mol. The van der Waals surface area contributed by atoms with Crippen LogP contribution in [0.3, 0.4) is 0 Å². The van der Waals surface area contributed by atoms with Gasteiger partial charge in [0, 0.05) is 13.0 Å². The molecule has 0 rings (SSSR count). The molecule has 0 aromatic heterocycles. The van der Waals surface area contributed by atoms with Gasteiger partial charge in [-0.1, -0.05) is 13.8 Å². The first-order chi connectivity index (χ1) is 5.52. The summed E-state index contributed by atoms with van der Waals surface area (Å²) in [4.78, 5) is 12.4. The Hall–Kier alpha value is -0.570. The number of aliphatic carboxylic acids is 1. The van der Waals surface area contributed by atoms with E-state index in [-0.39, 0.29) is 6.42 Å². The fourth-order valence-corrected chi connectivity index (χ4v) is 1.21. The Kier molecular flexibility index (Phi) is 5.72. The van der Waals surface area contributed by atoms with E-state index in [1.165, 1.54) is 0 Å². The number of rotatable bonds is 6. The second kappa shape index (κ2) is 6.00. The zero-order valence-electron chi connectivity index (χ0n) is 8.21. The highest BCUT2D eigenvalue weighted by molar-refractivity contribution is 5.66. The van der Waals surface area contributed by atoms with E-state index in [9.17, 15) is 4.79 Å². The third-order valence-electron chi connectivity index (χ3n) is 1.61. The molecule has 0 radical (unpaired) electrons. The summed E-state index contributed by atoms with van der Waals surface area (Å²) in [7, 11) is 2.03. The van der Waals surface area contributed by atoms with E-state index in [1.54, 1.807) is 0 Å². The van der Waals surface area contributed by atoms with E-state index in [2.05, 4.69) is 18.7 Å². The lowest BCUT2D eigenvalue weighted by Gasteiger charge is -2.17. The summed E-state index contributed by atoms with van der Waals surface area (Å²) in [5.41, 5.74) is 0. The van der Waals surface area contributed by atoms with Crippen LogP contribution in [0.25, 0.3) is 0 Å². The van der Waals surface area contributed by atoms with Crippen molar-refractivity contribution in [2.75, 3.05) is 20.1 Å². The van der Waals surface area contributed by atoms with Crippen molar-refractivity contribution in [3.8, 4) is 0 Å². The van der Waals surface area contributed by atoms with Crippen molar-refractivity contribution in [2.24, 2.45) is 5.92 Å². The minimum Gasteiger partial charge on any atom is -0.481 e. The van der Waals surface area contributed by atoms with E-state index >= 15 is 0 Å². The van der Waals surface area contributed by atoms with Gasteiger partial charge >= 0.3 is 5.97 Å². The molecule has 3 heteroatoms. The third-order valence-corrected chi connectivity index (χ3v) is 1.61. The van der Waals surface area contributed by atoms with E-state index in [0.717, 1.165) is 19.5 Å². The van der Waals surface area contributed by atoms with Crippen LogP contribution in [0, 0.1) is 5.92 Å². The molecule has 12 heavy (non-hydrogen) atoms. The molecule has 0 aliphatic heterocycles. The summed E-state index contributed by atoms with van der Waals surface area (Å²) in [5.74, 6) is -0.0484. The minimum absolute atomic E-state index is 0.280. The van der Waals surface area contributed by atoms with Crippen molar-refractivity contribution in [3.63, 3.8) is 0 Å². The second-order valence-corrected chi connectivity index (χ2v) is 3.65. The maximum absolute atomic E-state index is 10.2. The SMILES string of the molecule is CC(C)CN(C)CCCC(=O)O. The number of carboxylic acid groups (broad SMARTS) is 1. The normalized spacial score (nSPS) is 11.1.